The van der Waals surface area contributed by atoms with Crippen molar-refractivity contribution in [1.82, 2.24) is 20.4 Å². The molecular weight excluding hydrogens is 310 g/mol. The minimum absolute atomic E-state index is 0.560. The summed E-state index contributed by atoms with van der Waals surface area (Å²) in [6.07, 6.45) is 5.00. The van der Waals surface area contributed by atoms with Crippen LogP contribution in [0.3, 0.4) is 0 Å². The highest BCUT2D eigenvalue weighted by Crippen LogP contribution is 2.20. The molecule has 0 saturated carbocycles. The molecule has 2 unspecified atom stereocenters. The topological polar surface area (TPSA) is 42.9 Å². The van der Waals surface area contributed by atoms with Crippen molar-refractivity contribution in [2.45, 2.75) is 65.5 Å². The first kappa shape index (κ1) is 20.5. The molecule has 0 amide bonds. The molecule has 5 nitrogen and oxygen atoms in total. The molecule has 25 heavy (non-hydrogen) atoms. The summed E-state index contributed by atoms with van der Waals surface area (Å²) in [5.74, 6) is 2.68. The number of aliphatic imine (C=N–C) groups is 1. The minimum atomic E-state index is 0.560. The van der Waals surface area contributed by atoms with E-state index in [1.807, 2.05) is 7.05 Å². The molecule has 0 aromatic heterocycles. The van der Waals surface area contributed by atoms with Crippen LogP contribution in [-0.4, -0.2) is 74.2 Å². The molecular formula is C20H41N5. The van der Waals surface area contributed by atoms with Gasteiger partial charge in [-0.3, -0.25) is 4.99 Å². The highest BCUT2D eigenvalue weighted by atomic mass is 15.2. The van der Waals surface area contributed by atoms with Crippen molar-refractivity contribution in [3.05, 3.63) is 0 Å². The van der Waals surface area contributed by atoms with E-state index in [-0.39, 0.29) is 0 Å². The number of piperidine rings is 2. The third kappa shape index (κ3) is 7.14. The lowest BCUT2D eigenvalue weighted by atomic mass is 9.92. The number of rotatable bonds is 6. The van der Waals surface area contributed by atoms with Gasteiger partial charge in [-0.25, -0.2) is 0 Å². The summed E-state index contributed by atoms with van der Waals surface area (Å²) in [6, 6.07) is 1.23. The smallest absolute Gasteiger partial charge is 0.191 e. The Bertz CT molecular complexity index is 391. The molecule has 0 aromatic rings. The van der Waals surface area contributed by atoms with Crippen molar-refractivity contribution in [1.29, 1.82) is 0 Å². The molecule has 2 rings (SSSR count). The van der Waals surface area contributed by atoms with Gasteiger partial charge in [0.15, 0.2) is 5.96 Å². The molecule has 2 heterocycles. The van der Waals surface area contributed by atoms with E-state index in [2.05, 4.69) is 53.1 Å². The van der Waals surface area contributed by atoms with Crippen LogP contribution in [0, 0.1) is 11.8 Å². The van der Waals surface area contributed by atoms with Gasteiger partial charge in [0, 0.05) is 51.9 Å². The first-order valence-corrected chi connectivity index (χ1v) is 10.4. The molecule has 0 aromatic carbocycles. The van der Waals surface area contributed by atoms with E-state index < -0.39 is 0 Å². The first-order valence-electron chi connectivity index (χ1n) is 10.4. The predicted molar refractivity (Wildman–Crippen MR) is 108 cm³/mol. The molecule has 2 fully saturated rings. The number of nitrogens with one attached hydrogen (secondary N) is 2. The van der Waals surface area contributed by atoms with Crippen LogP contribution in [0.15, 0.2) is 4.99 Å². The zero-order valence-corrected chi connectivity index (χ0v) is 17.2. The van der Waals surface area contributed by atoms with Crippen LogP contribution in [0.4, 0.5) is 0 Å². The summed E-state index contributed by atoms with van der Waals surface area (Å²) in [5.41, 5.74) is 0. The zero-order chi connectivity index (χ0) is 18.2. The molecule has 2 N–H and O–H groups in total. The van der Waals surface area contributed by atoms with Crippen LogP contribution < -0.4 is 10.6 Å². The molecule has 0 radical (unpaired) electrons. The van der Waals surface area contributed by atoms with Crippen LogP contribution in [0.2, 0.25) is 0 Å². The molecule has 0 spiro atoms. The molecule has 5 heteroatoms. The quantitative estimate of drug-likeness (QED) is 0.438. The maximum Gasteiger partial charge on any atom is 0.191 e. The van der Waals surface area contributed by atoms with Crippen LogP contribution >= 0.6 is 0 Å². The van der Waals surface area contributed by atoms with Gasteiger partial charge >= 0.3 is 0 Å². The molecule has 2 aliphatic heterocycles. The standard InChI is InChI=1S/C20H41N5/c1-16(2)25-11-7-19(8-12-25)23-20(21-5)22-9-6-10-24-14-17(3)13-18(4)15-24/h16-19H,6-15H2,1-5H3,(H2,21,22,23). The van der Waals surface area contributed by atoms with E-state index >= 15 is 0 Å². The van der Waals surface area contributed by atoms with Crippen molar-refractivity contribution in [2.24, 2.45) is 16.8 Å². The van der Waals surface area contributed by atoms with Gasteiger partial charge in [-0.2, -0.15) is 0 Å². The summed E-state index contributed by atoms with van der Waals surface area (Å²) < 4.78 is 0. The van der Waals surface area contributed by atoms with Crippen molar-refractivity contribution in [3.8, 4) is 0 Å². The average molecular weight is 352 g/mol. The normalized spacial score (nSPS) is 27.7. The summed E-state index contributed by atoms with van der Waals surface area (Å²) in [6.45, 7) is 16.5. The zero-order valence-electron chi connectivity index (χ0n) is 17.2. The Labute approximate surface area is 155 Å². The van der Waals surface area contributed by atoms with Crippen LogP contribution in [-0.2, 0) is 0 Å². The molecule has 2 aliphatic rings. The van der Waals surface area contributed by atoms with Gasteiger partial charge in [-0.1, -0.05) is 13.8 Å². The Morgan fingerprint density at radius 1 is 1.12 bits per heavy atom. The van der Waals surface area contributed by atoms with E-state index in [0.29, 0.717) is 12.1 Å². The van der Waals surface area contributed by atoms with Gasteiger partial charge in [-0.05, 0) is 57.9 Å². The Morgan fingerprint density at radius 2 is 1.76 bits per heavy atom. The van der Waals surface area contributed by atoms with E-state index in [1.165, 1.54) is 58.4 Å². The average Bonchev–Trinajstić information content (AvgIpc) is 2.57. The first-order chi connectivity index (χ1) is 12.0. The Hall–Kier alpha value is -0.810. The summed E-state index contributed by atoms with van der Waals surface area (Å²) in [7, 11) is 1.88. The Kier molecular flexibility index (Phi) is 8.50. The number of likely N-dealkylation sites (tertiary alicyclic amines) is 2. The Morgan fingerprint density at radius 3 is 2.32 bits per heavy atom. The van der Waals surface area contributed by atoms with Crippen LogP contribution in [0.25, 0.3) is 0 Å². The van der Waals surface area contributed by atoms with E-state index in [4.69, 9.17) is 0 Å². The lowest BCUT2D eigenvalue weighted by Gasteiger charge is -2.35. The van der Waals surface area contributed by atoms with E-state index in [1.54, 1.807) is 0 Å². The third-order valence-electron chi connectivity index (χ3n) is 5.71. The fourth-order valence-electron chi connectivity index (χ4n) is 4.43. The maximum atomic E-state index is 4.41. The molecule has 0 aliphatic carbocycles. The molecule has 2 saturated heterocycles. The van der Waals surface area contributed by atoms with Crippen molar-refractivity contribution in [2.75, 3.05) is 46.3 Å². The second-order valence-corrected chi connectivity index (χ2v) is 8.61. The summed E-state index contributed by atoms with van der Waals surface area (Å²) in [5, 5.41) is 7.13. The maximum absolute atomic E-state index is 4.41. The summed E-state index contributed by atoms with van der Waals surface area (Å²) in [4.78, 5) is 9.61. The van der Waals surface area contributed by atoms with Gasteiger partial charge in [0.1, 0.15) is 0 Å². The number of guanidine groups is 1. The predicted octanol–water partition coefficient (Wildman–Crippen LogP) is 2.39. The van der Waals surface area contributed by atoms with E-state index in [0.717, 1.165) is 24.3 Å². The highest BCUT2D eigenvalue weighted by molar-refractivity contribution is 5.79. The van der Waals surface area contributed by atoms with Gasteiger partial charge in [0.25, 0.3) is 0 Å². The summed E-state index contributed by atoms with van der Waals surface area (Å²) >= 11 is 0. The lowest BCUT2D eigenvalue weighted by Crippen LogP contribution is -2.50. The van der Waals surface area contributed by atoms with Gasteiger partial charge in [-0.15, -0.1) is 0 Å². The number of hydrogen-bond acceptors (Lipinski definition) is 3. The SMILES string of the molecule is CN=C(NCCCN1CC(C)CC(C)C1)NC1CCN(C(C)C)CC1. The molecule has 146 valence electrons. The number of nitrogens with zero attached hydrogens (tertiary/aromatic N) is 3. The third-order valence-corrected chi connectivity index (χ3v) is 5.71. The second kappa shape index (κ2) is 10.4. The van der Waals surface area contributed by atoms with Crippen molar-refractivity contribution < 1.29 is 0 Å². The van der Waals surface area contributed by atoms with Crippen LogP contribution in [0.5, 0.6) is 0 Å². The fraction of sp³-hybridized carbons (Fsp3) is 0.950. The lowest BCUT2D eigenvalue weighted by molar-refractivity contribution is 0.140. The fourth-order valence-corrected chi connectivity index (χ4v) is 4.43. The Balaban J connectivity index is 1.61. The van der Waals surface area contributed by atoms with Gasteiger partial charge in [0.05, 0.1) is 0 Å². The van der Waals surface area contributed by atoms with Crippen LogP contribution in [0.1, 0.15) is 53.4 Å². The second-order valence-electron chi connectivity index (χ2n) is 8.61. The van der Waals surface area contributed by atoms with Gasteiger partial charge < -0.3 is 20.4 Å². The largest absolute Gasteiger partial charge is 0.356 e. The minimum Gasteiger partial charge on any atom is -0.356 e. The highest BCUT2D eigenvalue weighted by Gasteiger charge is 2.22. The van der Waals surface area contributed by atoms with Crippen molar-refractivity contribution in [3.63, 3.8) is 0 Å². The molecule has 0 bridgehead atoms. The van der Waals surface area contributed by atoms with Gasteiger partial charge in [0.2, 0.25) is 0 Å². The van der Waals surface area contributed by atoms with Crippen molar-refractivity contribution >= 4 is 5.96 Å². The number of hydrogen-bond donors (Lipinski definition) is 2. The monoisotopic (exact) mass is 351 g/mol. The van der Waals surface area contributed by atoms with E-state index in [9.17, 15) is 0 Å². The molecule has 2 atom stereocenters.